The molecular formula is C15H22O3. The zero-order valence-electron chi connectivity index (χ0n) is 11.3. The van der Waals surface area contributed by atoms with Crippen LogP contribution in [0.1, 0.15) is 39.0 Å². The Kier molecular flexibility index (Phi) is 3.07. The topological polar surface area (TPSA) is 35.5 Å². The van der Waals surface area contributed by atoms with E-state index in [0.29, 0.717) is 35.9 Å². The Morgan fingerprint density at radius 3 is 3.11 bits per heavy atom. The van der Waals surface area contributed by atoms with Crippen LogP contribution in [0.2, 0.25) is 0 Å². The van der Waals surface area contributed by atoms with Gasteiger partial charge in [0.25, 0.3) is 0 Å². The molecule has 0 amide bonds. The van der Waals surface area contributed by atoms with Gasteiger partial charge in [-0.05, 0) is 55.9 Å². The van der Waals surface area contributed by atoms with Gasteiger partial charge in [0.1, 0.15) is 6.79 Å². The van der Waals surface area contributed by atoms with Crippen molar-refractivity contribution < 1.29 is 14.3 Å². The highest BCUT2D eigenvalue weighted by molar-refractivity contribution is 5.92. The molecule has 3 rings (SSSR count). The van der Waals surface area contributed by atoms with E-state index < -0.39 is 0 Å². The van der Waals surface area contributed by atoms with Crippen molar-refractivity contribution in [3.63, 3.8) is 0 Å². The smallest absolute Gasteiger partial charge is 0.155 e. The number of ether oxygens (including phenoxy) is 2. The van der Waals surface area contributed by atoms with Gasteiger partial charge in [-0.25, -0.2) is 0 Å². The van der Waals surface area contributed by atoms with Crippen molar-refractivity contribution in [1.82, 2.24) is 0 Å². The Hall–Kier alpha value is -0.670. The van der Waals surface area contributed by atoms with Gasteiger partial charge in [-0.3, -0.25) is 4.79 Å². The number of allylic oxidation sites excluding steroid dienone is 2. The van der Waals surface area contributed by atoms with E-state index in [-0.39, 0.29) is 0 Å². The maximum atomic E-state index is 11.7. The zero-order chi connectivity index (χ0) is 12.8. The van der Waals surface area contributed by atoms with Crippen molar-refractivity contribution >= 4 is 5.78 Å². The van der Waals surface area contributed by atoms with Crippen LogP contribution in [0, 0.1) is 17.3 Å². The molecule has 2 saturated carbocycles. The fourth-order valence-electron chi connectivity index (χ4n) is 4.55. The summed E-state index contributed by atoms with van der Waals surface area (Å²) in [7, 11) is 1.67. The Bertz CT molecular complexity index is 387. The molecule has 0 aliphatic heterocycles. The summed E-state index contributed by atoms with van der Waals surface area (Å²) in [6.45, 7) is 2.55. The van der Waals surface area contributed by atoms with E-state index in [1.165, 1.54) is 18.4 Å². The first-order valence-corrected chi connectivity index (χ1v) is 6.98. The van der Waals surface area contributed by atoms with Crippen LogP contribution in [0.3, 0.4) is 0 Å². The molecule has 3 aliphatic rings. The van der Waals surface area contributed by atoms with Crippen molar-refractivity contribution in [3.8, 4) is 0 Å². The second-order valence-corrected chi connectivity index (χ2v) is 6.20. The molecule has 3 nitrogen and oxygen atoms in total. The molecule has 2 bridgehead atoms. The van der Waals surface area contributed by atoms with Crippen LogP contribution < -0.4 is 0 Å². The highest BCUT2D eigenvalue weighted by Gasteiger charge is 2.55. The third-order valence-corrected chi connectivity index (χ3v) is 5.41. The van der Waals surface area contributed by atoms with E-state index in [0.717, 1.165) is 19.3 Å². The van der Waals surface area contributed by atoms with Crippen LogP contribution in [0.25, 0.3) is 0 Å². The highest BCUT2D eigenvalue weighted by atomic mass is 16.7. The molecule has 3 heteroatoms. The average molecular weight is 250 g/mol. The molecule has 2 fully saturated rings. The summed E-state index contributed by atoms with van der Waals surface area (Å²) in [5.41, 5.74) is 1.65. The summed E-state index contributed by atoms with van der Waals surface area (Å²) < 4.78 is 10.8. The van der Waals surface area contributed by atoms with E-state index in [9.17, 15) is 4.79 Å². The SMILES string of the molecule is COCO[C@H]1CC[C@@]23C[C@@H]1C[C@@H]2CC(=O)C=C3C. The Balaban J connectivity index is 1.79. The van der Waals surface area contributed by atoms with Crippen LogP contribution in [0.4, 0.5) is 0 Å². The van der Waals surface area contributed by atoms with E-state index in [1.807, 2.05) is 6.08 Å². The lowest BCUT2D eigenvalue weighted by molar-refractivity contribution is -0.117. The van der Waals surface area contributed by atoms with Crippen molar-refractivity contribution in [2.75, 3.05) is 13.9 Å². The minimum atomic E-state index is 0.324. The summed E-state index contributed by atoms with van der Waals surface area (Å²) in [6, 6.07) is 0. The summed E-state index contributed by atoms with van der Waals surface area (Å²) >= 11 is 0. The quantitative estimate of drug-likeness (QED) is 0.722. The first-order chi connectivity index (χ1) is 8.65. The maximum Gasteiger partial charge on any atom is 0.155 e. The molecule has 3 aliphatic carbocycles. The average Bonchev–Trinajstić information content (AvgIpc) is 2.63. The number of hydrogen-bond donors (Lipinski definition) is 0. The van der Waals surface area contributed by atoms with Gasteiger partial charge in [0.15, 0.2) is 5.78 Å². The van der Waals surface area contributed by atoms with E-state index in [2.05, 4.69) is 6.92 Å². The standard InChI is InChI=1S/C15H22O3/c1-10-5-13(16)7-12-6-11-8-15(10,12)4-3-14(11)18-9-17-2/h5,11-12,14H,3-4,6-9H2,1-2H3/t11-,12+,14-,15-/m0/s1. The van der Waals surface area contributed by atoms with Crippen LogP contribution in [-0.2, 0) is 14.3 Å². The third kappa shape index (κ3) is 1.76. The Labute approximate surface area is 109 Å². The maximum absolute atomic E-state index is 11.7. The van der Waals surface area contributed by atoms with Crippen molar-refractivity contribution in [1.29, 1.82) is 0 Å². The molecule has 0 N–H and O–H groups in total. The molecule has 0 saturated heterocycles. The molecule has 0 heterocycles. The monoisotopic (exact) mass is 250 g/mol. The van der Waals surface area contributed by atoms with E-state index in [4.69, 9.17) is 9.47 Å². The van der Waals surface area contributed by atoms with Crippen LogP contribution in [-0.4, -0.2) is 25.8 Å². The first-order valence-electron chi connectivity index (χ1n) is 6.98. The second-order valence-electron chi connectivity index (χ2n) is 6.20. The van der Waals surface area contributed by atoms with Gasteiger partial charge in [0.05, 0.1) is 6.10 Å². The van der Waals surface area contributed by atoms with Gasteiger partial charge < -0.3 is 9.47 Å². The fraction of sp³-hybridized carbons (Fsp3) is 0.800. The summed E-state index contributed by atoms with van der Waals surface area (Å²) in [5.74, 6) is 1.51. The lowest BCUT2D eigenvalue weighted by Gasteiger charge is -2.42. The molecule has 4 atom stereocenters. The Morgan fingerprint density at radius 1 is 1.50 bits per heavy atom. The molecule has 18 heavy (non-hydrogen) atoms. The molecule has 0 radical (unpaired) electrons. The lowest BCUT2D eigenvalue weighted by atomic mass is 9.63. The van der Waals surface area contributed by atoms with Crippen LogP contribution in [0.5, 0.6) is 0 Å². The summed E-state index contributed by atoms with van der Waals surface area (Å²) in [5, 5.41) is 0. The van der Waals surface area contributed by atoms with Crippen LogP contribution >= 0.6 is 0 Å². The number of ketones is 1. The number of carbonyl (C=O) groups is 1. The number of rotatable bonds is 3. The number of methoxy groups -OCH3 is 1. The third-order valence-electron chi connectivity index (χ3n) is 5.41. The second kappa shape index (κ2) is 4.46. The number of hydrogen-bond acceptors (Lipinski definition) is 3. The molecule has 0 aromatic rings. The van der Waals surface area contributed by atoms with Crippen molar-refractivity contribution in [2.45, 2.75) is 45.1 Å². The minimum absolute atomic E-state index is 0.324. The van der Waals surface area contributed by atoms with E-state index >= 15 is 0 Å². The van der Waals surface area contributed by atoms with Crippen molar-refractivity contribution in [2.24, 2.45) is 17.3 Å². The highest BCUT2D eigenvalue weighted by Crippen LogP contribution is 2.61. The number of carbonyl (C=O) groups excluding carboxylic acids is 1. The first kappa shape index (κ1) is 12.4. The lowest BCUT2D eigenvalue weighted by Crippen LogP contribution is -2.37. The normalized spacial score (nSPS) is 42.7. The van der Waals surface area contributed by atoms with Gasteiger partial charge in [0.2, 0.25) is 0 Å². The predicted molar refractivity (Wildman–Crippen MR) is 68.0 cm³/mol. The Morgan fingerprint density at radius 2 is 2.33 bits per heavy atom. The van der Waals surface area contributed by atoms with Crippen molar-refractivity contribution in [3.05, 3.63) is 11.6 Å². The van der Waals surface area contributed by atoms with Gasteiger partial charge in [-0.2, -0.15) is 0 Å². The molecule has 0 aromatic heterocycles. The predicted octanol–water partition coefficient (Wildman–Crippen LogP) is 2.70. The summed E-state index contributed by atoms with van der Waals surface area (Å²) in [4.78, 5) is 11.7. The molecule has 0 unspecified atom stereocenters. The molecule has 1 spiro atoms. The fourth-order valence-corrected chi connectivity index (χ4v) is 4.55. The van der Waals surface area contributed by atoms with Gasteiger partial charge in [-0.1, -0.05) is 5.57 Å². The molecule has 100 valence electrons. The molecular weight excluding hydrogens is 228 g/mol. The van der Waals surface area contributed by atoms with Crippen LogP contribution in [0.15, 0.2) is 11.6 Å². The van der Waals surface area contributed by atoms with Gasteiger partial charge >= 0.3 is 0 Å². The zero-order valence-corrected chi connectivity index (χ0v) is 11.3. The van der Waals surface area contributed by atoms with E-state index in [1.54, 1.807) is 7.11 Å². The van der Waals surface area contributed by atoms with Gasteiger partial charge in [0, 0.05) is 13.5 Å². The minimum Gasteiger partial charge on any atom is -0.359 e. The van der Waals surface area contributed by atoms with Gasteiger partial charge in [-0.15, -0.1) is 0 Å². The largest absolute Gasteiger partial charge is 0.359 e. The number of fused-ring (bicyclic) bond motifs is 1. The molecule has 0 aromatic carbocycles. The summed E-state index contributed by atoms with van der Waals surface area (Å²) in [6.07, 6.45) is 7.65.